The van der Waals surface area contributed by atoms with E-state index < -0.39 is 0 Å². The minimum Gasteiger partial charge on any atom is -0.373 e. The summed E-state index contributed by atoms with van der Waals surface area (Å²) in [6, 6.07) is 10.9. The first kappa shape index (κ1) is 17.4. The van der Waals surface area contributed by atoms with Gasteiger partial charge in [-0.2, -0.15) is 0 Å². The molecule has 0 radical (unpaired) electrons. The summed E-state index contributed by atoms with van der Waals surface area (Å²) in [5, 5.41) is 0. The van der Waals surface area contributed by atoms with E-state index in [-0.39, 0.29) is 6.04 Å². The van der Waals surface area contributed by atoms with E-state index in [1.807, 2.05) is 6.33 Å². The number of rotatable bonds is 4. The van der Waals surface area contributed by atoms with E-state index in [1.165, 1.54) is 56.2 Å². The molecule has 2 fully saturated rings. The largest absolute Gasteiger partial charge is 0.373 e. The van der Waals surface area contributed by atoms with E-state index in [0.29, 0.717) is 5.41 Å². The van der Waals surface area contributed by atoms with Gasteiger partial charge in [0.2, 0.25) is 0 Å². The Balaban J connectivity index is 1.54. The Morgan fingerprint density at radius 1 is 1.04 bits per heavy atom. The van der Waals surface area contributed by atoms with Crippen LogP contribution in [-0.4, -0.2) is 27.5 Å². The molecular formula is C23H31N3. The third kappa shape index (κ3) is 3.44. The average Bonchev–Trinajstić information content (AvgIpc) is 3.10. The van der Waals surface area contributed by atoms with Crippen LogP contribution in [0.3, 0.4) is 0 Å². The molecule has 26 heavy (non-hydrogen) atoms. The quantitative estimate of drug-likeness (QED) is 0.743. The summed E-state index contributed by atoms with van der Waals surface area (Å²) in [7, 11) is 0. The van der Waals surface area contributed by atoms with Crippen molar-refractivity contribution in [3.63, 3.8) is 0 Å². The van der Waals surface area contributed by atoms with Crippen molar-refractivity contribution in [3.05, 3.63) is 66.4 Å². The predicted molar refractivity (Wildman–Crippen MR) is 107 cm³/mol. The Hall–Kier alpha value is -2.03. The molecule has 2 heterocycles. The molecule has 1 spiro atoms. The van der Waals surface area contributed by atoms with Gasteiger partial charge in [-0.05, 0) is 43.6 Å². The molecule has 1 aromatic carbocycles. The molecule has 1 aliphatic heterocycles. The Morgan fingerprint density at radius 2 is 1.73 bits per heavy atom. The molecule has 0 bridgehead atoms. The second-order valence-corrected chi connectivity index (χ2v) is 8.31. The highest BCUT2D eigenvalue weighted by molar-refractivity contribution is 5.28. The molecule has 1 saturated carbocycles. The van der Waals surface area contributed by atoms with E-state index in [4.69, 9.17) is 0 Å². The van der Waals surface area contributed by atoms with Crippen LogP contribution >= 0.6 is 0 Å². The van der Waals surface area contributed by atoms with Crippen molar-refractivity contribution in [1.29, 1.82) is 0 Å². The number of imidazole rings is 1. The van der Waals surface area contributed by atoms with Gasteiger partial charge in [0.1, 0.15) is 0 Å². The highest BCUT2D eigenvalue weighted by atomic mass is 15.2. The van der Waals surface area contributed by atoms with Crippen LogP contribution in [0.1, 0.15) is 62.2 Å². The van der Waals surface area contributed by atoms with Gasteiger partial charge in [-0.1, -0.05) is 56.2 Å². The van der Waals surface area contributed by atoms with Crippen molar-refractivity contribution >= 4 is 0 Å². The van der Waals surface area contributed by atoms with Crippen LogP contribution in [0.4, 0.5) is 0 Å². The number of nitrogens with zero attached hydrogens (tertiary/aromatic N) is 3. The van der Waals surface area contributed by atoms with Crippen molar-refractivity contribution in [3.8, 4) is 0 Å². The van der Waals surface area contributed by atoms with Crippen molar-refractivity contribution < 1.29 is 0 Å². The maximum absolute atomic E-state index is 4.55. The maximum atomic E-state index is 4.55. The number of aryl methyl sites for hydroxylation is 1. The molecule has 3 heteroatoms. The average molecular weight is 350 g/mol. The number of aromatic nitrogens is 2. The van der Waals surface area contributed by atoms with Crippen LogP contribution in [0.2, 0.25) is 0 Å². The minimum atomic E-state index is 0.137. The summed E-state index contributed by atoms with van der Waals surface area (Å²) in [6.45, 7) is 8.90. The molecule has 1 unspecified atom stereocenters. The second-order valence-electron chi connectivity index (χ2n) is 8.31. The Labute approximate surface area is 157 Å². The summed E-state index contributed by atoms with van der Waals surface area (Å²) in [4.78, 5) is 7.00. The Bertz CT molecular complexity index is 730. The first-order valence-electron chi connectivity index (χ1n) is 10.2. The first-order chi connectivity index (χ1) is 12.7. The standard InChI is InChI=1S/C23H31N3/c1-19-17-26(18-24-19)22(21-9-5-3-6-10-21)20(2)25-15-13-23(14-16-25)11-7-4-8-12-23/h3,5-6,9-10,17-18,22H,2,4,7-8,11-16H2,1H3. The van der Waals surface area contributed by atoms with E-state index >= 15 is 0 Å². The number of benzene rings is 1. The van der Waals surface area contributed by atoms with Crippen molar-refractivity contribution in [2.45, 2.75) is 57.9 Å². The third-order valence-electron chi connectivity index (χ3n) is 6.60. The fourth-order valence-electron chi connectivity index (χ4n) is 5.00. The molecule has 1 atom stereocenters. The van der Waals surface area contributed by atoms with Crippen LogP contribution in [0.5, 0.6) is 0 Å². The van der Waals surface area contributed by atoms with Crippen LogP contribution < -0.4 is 0 Å². The van der Waals surface area contributed by atoms with Gasteiger partial charge in [0.15, 0.2) is 0 Å². The van der Waals surface area contributed by atoms with Gasteiger partial charge in [-0.3, -0.25) is 0 Å². The molecule has 4 rings (SSSR count). The maximum Gasteiger partial charge on any atom is 0.0989 e. The molecule has 1 aliphatic carbocycles. The van der Waals surface area contributed by atoms with Gasteiger partial charge >= 0.3 is 0 Å². The molecule has 2 aliphatic rings. The Morgan fingerprint density at radius 3 is 2.35 bits per heavy atom. The number of hydrogen-bond donors (Lipinski definition) is 0. The molecular weight excluding hydrogens is 318 g/mol. The summed E-state index contributed by atoms with van der Waals surface area (Å²) < 4.78 is 2.22. The molecule has 1 aromatic heterocycles. The zero-order valence-electron chi connectivity index (χ0n) is 16.0. The van der Waals surface area contributed by atoms with E-state index in [0.717, 1.165) is 18.8 Å². The number of piperidine rings is 1. The van der Waals surface area contributed by atoms with Gasteiger partial charge < -0.3 is 9.47 Å². The van der Waals surface area contributed by atoms with Crippen LogP contribution in [0.15, 0.2) is 55.1 Å². The fourth-order valence-corrected chi connectivity index (χ4v) is 5.00. The normalized spacial score (nSPS) is 20.9. The predicted octanol–water partition coefficient (Wildman–Crippen LogP) is 5.34. The lowest BCUT2D eigenvalue weighted by Crippen LogP contribution is -2.42. The summed E-state index contributed by atoms with van der Waals surface area (Å²) >= 11 is 0. The minimum absolute atomic E-state index is 0.137. The highest BCUT2D eigenvalue weighted by Gasteiger charge is 2.36. The lowest BCUT2D eigenvalue weighted by Gasteiger charge is -2.46. The SMILES string of the molecule is C=C(C(c1ccccc1)n1cnc(C)c1)N1CCC2(CCCCC2)CC1. The second kappa shape index (κ2) is 7.30. The Kier molecular flexibility index (Phi) is 4.88. The van der Waals surface area contributed by atoms with E-state index in [9.17, 15) is 0 Å². The molecule has 1 saturated heterocycles. The van der Waals surface area contributed by atoms with Crippen LogP contribution in [0.25, 0.3) is 0 Å². The molecule has 138 valence electrons. The van der Waals surface area contributed by atoms with E-state index in [1.54, 1.807) is 0 Å². The van der Waals surface area contributed by atoms with Gasteiger partial charge in [0, 0.05) is 25.0 Å². The molecule has 2 aromatic rings. The zero-order valence-corrected chi connectivity index (χ0v) is 16.0. The number of likely N-dealkylation sites (tertiary alicyclic amines) is 1. The van der Waals surface area contributed by atoms with Gasteiger partial charge in [-0.15, -0.1) is 0 Å². The molecule has 3 nitrogen and oxygen atoms in total. The first-order valence-corrected chi connectivity index (χ1v) is 10.2. The number of allylic oxidation sites excluding steroid dienone is 1. The monoisotopic (exact) mass is 349 g/mol. The summed E-state index contributed by atoms with van der Waals surface area (Å²) in [5.41, 5.74) is 4.17. The van der Waals surface area contributed by atoms with Gasteiger partial charge in [0.25, 0.3) is 0 Å². The lowest BCUT2D eigenvalue weighted by molar-refractivity contribution is 0.0803. The zero-order chi connectivity index (χ0) is 18.0. The number of hydrogen-bond acceptors (Lipinski definition) is 2. The van der Waals surface area contributed by atoms with Gasteiger partial charge in [0.05, 0.1) is 18.1 Å². The fraction of sp³-hybridized carbons (Fsp3) is 0.522. The van der Waals surface area contributed by atoms with Gasteiger partial charge in [-0.25, -0.2) is 4.98 Å². The highest BCUT2D eigenvalue weighted by Crippen LogP contribution is 2.45. The van der Waals surface area contributed by atoms with Crippen LogP contribution in [0, 0.1) is 12.3 Å². The third-order valence-corrected chi connectivity index (χ3v) is 6.60. The molecule has 0 amide bonds. The summed E-state index contributed by atoms with van der Waals surface area (Å²) in [5.74, 6) is 0. The van der Waals surface area contributed by atoms with Crippen molar-refractivity contribution in [1.82, 2.24) is 14.5 Å². The lowest BCUT2D eigenvalue weighted by atomic mass is 9.68. The van der Waals surface area contributed by atoms with Crippen molar-refractivity contribution in [2.24, 2.45) is 5.41 Å². The smallest absolute Gasteiger partial charge is 0.0989 e. The summed E-state index contributed by atoms with van der Waals surface area (Å²) in [6.07, 6.45) is 13.9. The molecule has 0 N–H and O–H groups in total. The van der Waals surface area contributed by atoms with Crippen LogP contribution in [-0.2, 0) is 0 Å². The van der Waals surface area contributed by atoms with E-state index in [2.05, 4.69) is 64.5 Å². The topological polar surface area (TPSA) is 21.1 Å². The van der Waals surface area contributed by atoms with Crippen molar-refractivity contribution in [2.75, 3.05) is 13.1 Å².